The molecule has 1 aromatic carbocycles. The molecule has 0 bridgehead atoms. The predicted molar refractivity (Wildman–Crippen MR) is 109 cm³/mol. The average molecular weight is 423 g/mol. The highest BCUT2D eigenvalue weighted by Gasteiger charge is 2.31. The summed E-state index contributed by atoms with van der Waals surface area (Å²) in [7, 11) is -3.67. The number of hydrogen-bond acceptors (Lipinski definition) is 5. The van der Waals surface area contributed by atoms with Crippen LogP contribution in [-0.4, -0.2) is 61.8 Å². The van der Waals surface area contributed by atoms with E-state index in [9.17, 15) is 18.0 Å². The smallest absolute Gasteiger partial charge is 0.338 e. The van der Waals surface area contributed by atoms with Crippen molar-refractivity contribution < 1.29 is 22.7 Å². The first-order chi connectivity index (χ1) is 13.9. The molecule has 2 fully saturated rings. The molecule has 29 heavy (non-hydrogen) atoms. The van der Waals surface area contributed by atoms with Crippen LogP contribution in [0.3, 0.4) is 0 Å². The van der Waals surface area contributed by atoms with Crippen molar-refractivity contribution >= 4 is 21.9 Å². The fraction of sp³-hybridized carbons (Fsp3) is 0.619. The third-order valence-electron chi connectivity index (χ3n) is 5.70. The van der Waals surface area contributed by atoms with Gasteiger partial charge in [0.15, 0.2) is 6.61 Å². The molecule has 0 saturated carbocycles. The Balaban J connectivity index is 1.65. The van der Waals surface area contributed by atoms with Crippen molar-refractivity contribution in [2.75, 3.05) is 26.2 Å². The van der Waals surface area contributed by atoms with Gasteiger partial charge in [-0.3, -0.25) is 4.79 Å². The minimum Gasteiger partial charge on any atom is -0.452 e. The zero-order chi connectivity index (χ0) is 20.9. The highest BCUT2D eigenvalue weighted by atomic mass is 32.2. The molecule has 8 heteroatoms. The van der Waals surface area contributed by atoms with E-state index in [-0.39, 0.29) is 29.0 Å². The largest absolute Gasteiger partial charge is 0.452 e. The molecule has 2 saturated heterocycles. The number of carbonyl (C=O) groups is 2. The Hall–Kier alpha value is -1.93. The SMILES string of the molecule is C[C@H]1CCCCN1S(=O)(=O)c1cccc(C(=O)OCC(=O)N2CCCCCC2)c1. The number of hydrogen-bond donors (Lipinski definition) is 0. The van der Waals surface area contributed by atoms with Gasteiger partial charge in [-0.15, -0.1) is 0 Å². The van der Waals surface area contributed by atoms with Crippen LogP contribution in [0.15, 0.2) is 29.2 Å². The molecule has 2 heterocycles. The second kappa shape index (κ2) is 9.71. The van der Waals surface area contributed by atoms with E-state index < -0.39 is 16.0 Å². The van der Waals surface area contributed by atoms with Gasteiger partial charge in [0, 0.05) is 25.7 Å². The number of rotatable bonds is 5. The van der Waals surface area contributed by atoms with Gasteiger partial charge in [0.2, 0.25) is 10.0 Å². The lowest BCUT2D eigenvalue weighted by molar-refractivity contribution is -0.134. The number of piperidine rings is 1. The lowest BCUT2D eigenvalue weighted by Crippen LogP contribution is -2.41. The molecule has 160 valence electrons. The quantitative estimate of drug-likeness (QED) is 0.682. The third-order valence-corrected chi connectivity index (χ3v) is 7.71. The summed E-state index contributed by atoms with van der Waals surface area (Å²) < 4.78 is 32.7. The van der Waals surface area contributed by atoms with Crippen molar-refractivity contribution in [3.63, 3.8) is 0 Å². The molecule has 2 aliphatic rings. The van der Waals surface area contributed by atoms with E-state index in [1.54, 1.807) is 4.90 Å². The van der Waals surface area contributed by atoms with Crippen LogP contribution in [0.2, 0.25) is 0 Å². The van der Waals surface area contributed by atoms with E-state index in [2.05, 4.69) is 0 Å². The number of nitrogens with zero attached hydrogens (tertiary/aromatic N) is 2. The summed E-state index contributed by atoms with van der Waals surface area (Å²) in [6.45, 7) is 3.46. The van der Waals surface area contributed by atoms with Gasteiger partial charge in [0.25, 0.3) is 5.91 Å². The van der Waals surface area contributed by atoms with E-state index in [4.69, 9.17) is 4.74 Å². The standard InChI is InChI=1S/C21H30N2O5S/c1-17-9-4-7-14-23(17)29(26,27)19-11-8-10-18(15-19)21(25)28-16-20(24)22-12-5-2-3-6-13-22/h8,10-11,15,17H,2-7,9,12-14,16H2,1H3/t17-/m0/s1. The second-order valence-corrected chi connectivity index (χ2v) is 9.75. The molecule has 0 aliphatic carbocycles. The van der Waals surface area contributed by atoms with Gasteiger partial charge in [-0.2, -0.15) is 4.31 Å². The Morgan fingerprint density at radius 1 is 1.03 bits per heavy atom. The molecule has 1 amide bonds. The molecule has 0 N–H and O–H groups in total. The van der Waals surface area contributed by atoms with E-state index >= 15 is 0 Å². The van der Waals surface area contributed by atoms with Crippen LogP contribution in [0.5, 0.6) is 0 Å². The first-order valence-electron chi connectivity index (χ1n) is 10.5. The van der Waals surface area contributed by atoms with Crippen LogP contribution in [0.25, 0.3) is 0 Å². The number of benzene rings is 1. The van der Waals surface area contributed by atoms with Crippen LogP contribution in [-0.2, 0) is 19.6 Å². The first kappa shape index (κ1) is 21.8. The van der Waals surface area contributed by atoms with Crippen molar-refractivity contribution in [1.82, 2.24) is 9.21 Å². The highest BCUT2D eigenvalue weighted by molar-refractivity contribution is 7.89. The summed E-state index contributed by atoms with van der Waals surface area (Å²) in [5.74, 6) is -0.886. The number of sulfonamides is 1. The van der Waals surface area contributed by atoms with Crippen LogP contribution < -0.4 is 0 Å². The van der Waals surface area contributed by atoms with Crippen molar-refractivity contribution in [1.29, 1.82) is 0 Å². The fourth-order valence-corrected chi connectivity index (χ4v) is 5.72. The minimum atomic E-state index is -3.67. The second-order valence-electron chi connectivity index (χ2n) is 7.86. The van der Waals surface area contributed by atoms with Gasteiger partial charge >= 0.3 is 5.97 Å². The molecular formula is C21H30N2O5S. The topological polar surface area (TPSA) is 84.0 Å². The van der Waals surface area contributed by atoms with Gasteiger partial charge in [-0.05, 0) is 50.8 Å². The predicted octanol–water partition coefficient (Wildman–Crippen LogP) is 2.81. The third kappa shape index (κ3) is 5.36. The van der Waals surface area contributed by atoms with E-state index in [1.807, 2.05) is 6.92 Å². The summed E-state index contributed by atoms with van der Waals surface area (Å²) >= 11 is 0. The Morgan fingerprint density at radius 3 is 2.41 bits per heavy atom. The molecule has 3 rings (SSSR count). The number of esters is 1. The summed E-state index contributed by atoms with van der Waals surface area (Å²) in [6, 6.07) is 5.83. The molecule has 0 unspecified atom stereocenters. The first-order valence-corrected chi connectivity index (χ1v) is 11.9. The number of carbonyl (C=O) groups excluding carboxylic acids is 2. The molecular weight excluding hydrogens is 392 g/mol. The maximum Gasteiger partial charge on any atom is 0.338 e. The number of ether oxygens (including phenoxy) is 1. The van der Waals surface area contributed by atoms with Crippen LogP contribution in [0.1, 0.15) is 62.2 Å². The highest BCUT2D eigenvalue weighted by Crippen LogP contribution is 2.25. The lowest BCUT2D eigenvalue weighted by atomic mass is 10.1. The molecule has 1 atom stereocenters. The van der Waals surface area contributed by atoms with Gasteiger partial charge in [0.1, 0.15) is 0 Å². The molecule has 2 aliphatic heterocycles. The van der Waals surface area contributed by atoms with E-state index in [0.29, 0.717) is 19.6 Å². The van der Waals surface area contributed by atoms with Gasteiger partial charge < -0.3 is 9.64 Å². The van der Waals surface area contributed by atoms with Crippen LogP contribution in [0.4, 0.5) is 0 Å². The van der Waals surface area contributed by atoms with Crippen molar-refractivity contribution in [2.45, 2.75) is 62.8 Å². The van der Waals surface area contributed by atoms with Gasteiger partial charge in [0.05, 0.1) is 10.5 Å². The fourth-order valence-electron chi connectivity index (χ4n) is 3.97. The van der Waals surface area contributed by atoms with Crippen LogP contribution in [0, 0.1) is 0 Å². The number of likely N-dealkylation sites (tertiary alicyclic amines) is 1. The summed E-state index contributed by atoms with van der Waals surface area (Å²) in [6.07, 6.45) is 6.85. The normalized spacial score (nSPS) is 21.4. The Bertz CT molecular complexity index is 831. The molecule has 0 spiro atoms. The number of amides is 1. The zero-order valence-corrected chi connectivity index (χ0v) is 17.8. The van der Waals surface area contributed by atoms with Crippen molar-refractivity contribution in [3.8, 4) is 0 Å². The van der Waals surface area contributed by atoms with Crippen LogP contribution >= 0.6 is 0 Å². The van der Waals surface area contributed by atoms with Gasteiger partial charge in [-0.1, -0.05) is 25.3 Å². The monoisotopic (exact) mass is 422 g/mol. The average Bonchev–Trinajstić information content (AvgIpc) is 3.01. The Morgan fingerprint density at radius 2 is 1.72 bits per heavy atom. The maximum absolute atomic E-state index is 13.0. The summed E-state index contributed by atoms with van der Waals surface area (Å²) in [5.41, 5.74) is 0.138. The molecule has 7 nitrogen and oxygen atoms in total. The molecule has 1 aromatic rings. The zero-order valence-electron chi connectivity index (χ0n) is 17.0. The Labute approximate surface area is 173 Å². The van der Waals surface area contributed by atoms with Gasteiger partial charge in [-0.25, -0.2) is 13.2 Å². The Kier molecular flexibility index (Phi) is 7.29. The molecule has 0 radical (unpaired) electrons. The van der Waals surface area contributed by atoms with E-state index in [0.717, 1.165) is 44.9 Å². The maximum atomic E-state index is 13.0. The molecule has 0 aromatic heterocycles. The van der Waals surface area contributed by atoms with Crippen molar-refractivity contribution in [3.05, 3.63) is 29.8 Å². The lowest BCUT2D eigenvalue weighted by Gasteiger charge is -2.32. The van der Waals surface area contributed by atoms with E-state index in [1.165, 1.54) is 28.6 Å². The summed E-state index contributed by atoms with van der Waals surface area (Å²) in [5, 5.41) is 0. The minimum absolute atomic E-state index is 0.0596. The summed E-state index contributed by atoms with van der Waals surface area (Å²) in [4.78, 5) is 26.5. The van der Waals surface area contributed by atoms with Crippen molar-refractivity contribution in [2.24, 2.45) is 0 Å².